The lowest BCUT2D eigenvalue weighted by atomic mass is 10.1. The first-order chi connectivity index (χ1) is 10.6. The predicted molar refractivity (Wildman–Crippen MR) is 96.1 cm³/mol. The molecule has 0 fully saturated rings. The van der Waals surface area contributed by atoms with E-state index >= 15 is 0 Å². The van der Waals surface area contributed by atoms with Crippen LogP contribution in [0, 0.1) is 13.8 Å². The van der Waals surface area contributed by atoms with Gasteiger partial charge in [0.2, 0.25) is 0 Å². The van der Waals surface area contributed by atoms with E-state index in [1.165, 1.54) is 22.2 Å². The number of carbonyl (C=O) groups is 1. The zero-order valence-electron chi connectivity index (χ0n) is 12.1. The molecule has 0 saturated heterocycles. The van der Waals surface area contributed by atoms with Gasteiger partial charge in [0.05, 0.1) is 5.75 Å². The maximum absolute atomic E-state index is 12.4. The van der Waals surface area contributed by atoms with E-state index in [2.05, 4.69) is 39.7 Å². The van der Waals surface area contributed by atoms with Gasteiger partial charge >= 0.3 is 0 Å². The van der Waals surface area contributed by atoms with Crippen LogP contribution in [-0.4, -0.2) is 21.5 Å². The van der Waals surface area contributed by atoms with Crippen molar-refractivity contribution in [3.05, 3.63) is 51.1 Å². The van der Waals surface area contributed by atoms with E-state index in [0.29, 0.717) is 11.3 Å². The summed E-state index contributed by atoms with van der Waals surface area (Å²) >= 11 is 6.57. The molecule has 0 bridgehead atoms. The van der Waals surface area contributed by atoms with Gasteiger partial charge in [-0.25, -0.2) is 9.97 Å². The minimum Gasteiger partial charge on any atom is -0.293 e. The number of thiophene rings is 1. The first kappa shape index (κ1) is 15.6. The molecule has 0 aliphatic carbocycles. The lowest BCUT2D eigenvalue weighted by molar-refractivity contribution is 0.102. The quantitative estimate of drug-likeness (QED) is 0.354. The third-order valence-electron chi connectivity index (χ3n) is 3.44. The van der Waals surface area contributed by atoms with Crippen LogP contribution >= 0.6 is 39.0 Å². The Labute approximate surface area is 145 Å². The average Bonchev–Trinajstić information content (AvgIpc) is 2.81. The number of halogens is 1. The molecule has 2 heterocycles. The van der Waals surface area contributed by atoms with Crippen LogP contribution < -0.4 is 0 Å². The van der Waals surface area contributed by atoms with E-state index in [0.717, 1.165) is 19.7 Å². The summed E-state index contributed by atoms with van der Waals surface area (Å²) in [5.41, 5.74) is 1.91. The van der Waals surface area contributed by atoms with Crippen molar-refractivity contribution in [2.75, 3.05) is 5.75 Å². The third-order valence-corrected chi connectivity index (χ3v) is 6.24. The van der Waals surface area contributed by atoms with Gasteiger partial charge in [-0.05, 0) is 25.5 Å². The van der Waals surface area contributed by atoms with Crippen LogP contribution in [0.5, 0.6) is 0 Å². The number of ketones is 1. The topological polar surface area (TPSA) is 42.9 Å². The molecule has 0 spiro atoms. The van der Waals surface area contributed by atoms with Crippen LogP contribution in [0.2, 0.25) is 0 Å². The smallest absolute Gasteiger partial charge is 0.174 e. The van der Waals surface area contributed by atoms with Crippen molar-refractivity contribution < 1.29 is 4.79 Å². The molecule has 3 rings (SSSR count). The maximum Gasteiger partial charge on any atom is 0.174 e. The number of aromatic nitrogens is 2. The van der Waals surface area contributed by atoms with Crippen molar-refractivity contribution in [2.45, 2.75) is 18.9 Å². The van der Waals surface area contributed by atoms with E-state index in [1.807, 2.05) is 24.3 Å². The van der Waals surface area contributed by atoms with Crippen molar-refractivity contribution in [2.24, 2.45) is 0 Å². The highest BCUT2D eigenvalue weighted by Gasteiger charge is 2.15. The Morgan fingerprint density at radius 3 is 2.82 bits per heavy atom. The number of thioether (sulfide) groups is 1. The summed E-state index contributed by atoms with van der Waals surface area (Å²) in [6.45, 7) is 4.17. The van der Waals surface area contributed by atoms with Gasteiger partial charge in [-0.15, -0.1) is 11.3 Å². The molecule has 0 aliphatic heterocycles. The molecular weight excluding hydrogens is 380 g/mol. The van der Waals surface area contributed by atoms with Crippen molar-refractivity contribution >= 4 is 55.0 Å². The number of benzene rings is 1. The molecule has 0 atom stereocenters. The Morgan fingerprint density at radius 1 is 1.27 bits per heavy atom. The molecule has 112 valence electrons. The summed E-state index contributed by atoms with van der Waals surface area (Å²) < 4.78 is 0.830. The van der Waals surface area contributed by atoms with Gasteiger partial charge in [-0.2, -0.15) is 0 Å². The van der Waals surface area contributed by atoms with Crippen LogP contribution in [0.4, 0.5) is 0 Å². The van der Waals surface area contributed by atoms with Gasteiger partial charge in [0.15, 0.2) is 5.78 Å². The summed E-state index contributed by atoms with van der Waals surface area (Å²) in [6, 6.07) is 7.49. The minimum absolute atomic E-state index is 0.0915. The second-order valence-corrected chi connectivity index (χ2v) is 7.86. The van der Waals surface area contributed by atoms with Gasteiger partial charge in [0.1, 0.15) is 16.2 Å². The molecule has 0 saturated carbocycles. The minimum atomic E-state index is 0.0915. The second-order valence-electron chi connectivity index (χ2n) is 4.83. The largest absolute Gasteiger partial charge is 0.293 e. The summed E-state index contributed by atoms with van der Waals surface area (Å²) in [5, 5.41) is 1.96. The molecule has 0 radical (unpaired) electrons. The SMILES string of the molecule is Cc1sc2ncnc(SCC(=O)c3ccccc3Br)c2c1C. The van der Waals surface area contributed by atoms with E-state index in [1.54, 1.807) is 17.7 Å². The number of carbonyl (C=O) groups excluding carboxylic acids is 1. The van der Waals surface area contributed by atoms with Crippen molar-refractivity contribution in [3.63, 3.8) is 0 Å². The predicted octanol–water partition coefficient (Wildman–Crippen LogP) is 5.05. The van der Waals surface area contributed by atoms with Crippen LogP contribution in [0.15, 0.2) is 40.1 Å². The number of Topliss-reactive ketones (excluding diaryl/α,β-unsaturated/α-hetero) is 1. The monoisotopic (exact) mass is 392 g/mol. The summed E-state index contributed by atoms with van der Waals surface area (Å²) in [5.74, 6) is 0.456. The highest BCUT2D eigenvalue weighted by atomic mass is 79.9. The number of fused-ring (bicyclic) bond motifs is 1. The van der Waals surface area contributed by atoms with Gasteiger partial charge in [-0.1, -0.05) is 45.9 Å². The first-order valence-electron chi connectivity index (χ1n) is 6.69. The molecule has 3 aromatic rings. The van der Waals surface area contributed by atoms with Crippen molar-refractivity contribution in [1.82, 2.24) is 9.97 Å². The number of rotatable bonds is 4. The fourth-order valence-electron chi connectivity index (χ4n) is 2.16. The number of hydrogen-bond acceptors (Lipinski definition) is 5. The van der Waals surface area contributed by atoms with E-state index in [-0.39, 0.29) is 5.78 Å². The van der Waals surface area contributed by atoms with Gasteiger partial charge < -0.3 is 0 Å². The molecule has 0 N–H and O–H groups in total. The Bertz CT molecular complexity index is 860. The highest BCUT2D eigenvalue weighted by molar-refractivity contribution is 9.10. The van der Waals surface area contributed by atoms with E-state index in [4.69, 9.17) is 0 Å². The Balaban J connectivity index is 1.86. The number of hydrogen-bond donors (Lipinski definition) is 0. The number of nitrogens with zero attached hydrogens (tertiary/aromatic N) is 2. The Kier molecular flexibility index (Phi) is 4.61. The van der Waals surface area contributed by atoms with Crippen LogP contribution in [0.25, 0.3) is 10.2 Å². The van der Waals surface area contributed by atoms with Gasteiger partial charge in [-0.3, -0.25) is 4.79 Å². The normalized spacial score (nSPS) is 11.0. The lowest BCUT2D eigenvalue weighted by Crippen LogP contribution is -2.03. The lowest BCUT2D eigenvalue weighted by Gasteiger charge is -2.04. The summed E-state index contributed by atoms with van der Waals surface area (Å²) in [7, 11) is 0. The van der Waals surface area contributed by atoms with Crippen LogP contribution in [-0.2, 0) is 0 Å². The third kappa shape index (κ3) is 2.95. The second kappa shape index (κ2) is 6.48. The first-order valence-corrected chi connectivity index (χ1v) is 9.28. The molecule has 1 aromatic carbocycles. The van der Waals surface area contributed by atoms with Crippen LogP contribution in [0.1, 0.15) is 20.8 Å². The van der Waals surface area contributed by atoms with Crippen molar-refractivity contribution in [3.8, 4) is 0 Å². The standard InChI is InChI=1S/C16H13BrN2OS2/c1-9-10(2)22-16-14(9)15(18-8-19-16)21-7-13(20)11-5-3-4-6-12(11)17/h3-6,8H,7H2,1-2H3. The summed E-state index contributed by atoms with van der Waals surface area (Å²) in [4.78, 5) is 23.3. The Hall–Kier alpha value is -1.24. The molecule has 2 aromatic heterocycles. The average molecular weight is 393 g/mol. The molecule has 0 unspecified atom stereocenters. The molecular formula is C16H13BrN2OS2. The fraction of sp³-hybridized carbons (Fsp3) is 0.188. The Morgan fingerprint density at radius 2 is 2.05 bits per heavy atom. The zero-order chi connectivity index (χ0) is 15.7. The fourth-order valence-corrected chi connectivity index (χ4v) is 4.66. The molecule has 0 aliphatic rings. The van der Waals surface area contributed by atoms with Crippen LogP contribution in [0.3, 0.4) is 0 Å². The molecule has 0 amide bonds. The molecule has 6 heteroatoms. The van der Waals surface area contributed by atoms with Gasteiger partial charge in [0, 0.05) is 20.3 Å². The molecule has 22 heavy (non-hydrogen) atoms. The van der Waals surface area contributed by atoms with Crippen molar-refractivity contribution in [1.29, 1.82) is 0 Å². The van der Waals surface area contributed by atoms with Gasteiger partial charge in [0.25, 0.3) is 0 Å². The maximum atomic E-state index is 12.4. The number of aryl methyl sites for hydroxylation is 2. The summed E-state index contributed by atoms with van der Waals surface area (Å²) in [6.07, 6.45) is 1.57. The molecule has 3 nitrogen and oxygen atoms in total. The highest BCUT2D eigenvalue weighted by Crippen LogP contribution is 2.34. The van der Waals surface area contributed by atoms with E-state index in [9.17, 15) is 4.79 Å². The zero-order valence-corrected chi connectivity index (χ0v) is 15.3. The van der Waals surface area contributed by atoms with E-state index < -0.39 is 0 Å².